The van der Waals surface area contributed by atoms with E-state index >= 15 is 0 Å². The van der Waals surface area contributed by atoms with Crippen LogP contribution >= 0.6 is 0 Å². The number of morpholine rings is 1. The molecule has 0 spiro atoms. The Morgan fingerprint density at radius 1 is 1.00 bits per heavy atom. The van der Waals surface area contributed by atoms with Crippen LogP contribution in [0.4, 0.5) is 17.5 Å². The van der Waals surface area contributed by atoms with Gasteiger partial charge in [0.2, 0.25) is 5.95 Å². The lowest BCUT2D eigenvalue weighted by Crippen LogP contribution is -2.48. The van der Waals surface area contributed by atoms with Crippen LogP contribution < -0.4 is 16.0 Å². The van der Waals surface area contributed by atoms with E-state index in [2.05, 4.69) is 20.5 Å². The number of amides is 3. The average molecular weight is 543 g/mol. The van der Waals surface area contributed by atoms with Crippen LogP contribution in [-0.4, -0.2) is 88.1 Å². The van der Waals surface area contributed by atoms with E-state index in [0.717, 1.165) is 24.0 Å². The highest BCUT2D eigenvalue weighted by atomic mass is 16.5. The summed E-state index contributed by atoms with van der Waals surface area (Å²) in [6.07, 6.45) is 1.73. The van der Waals surface area contributed by atoms with E-state index in [-0.39, 0.29) is 29.4 Å². The lowest BCUT2D eigenvalue weighted by Gasteiger charge is -2.37. The van der Waals surface area contributed by atoms with Gasteiger partial charge in [-0.1, -0.05) is 18.2 Å². The number of nitrogens with zero attached hydrogens (tertiary/aromatic N) is 6. The Morgan fingerprint density at radius 3 is 2.52 bits per heavy atom. The number of piperidine rings is 1. The zero-order chi connectivity index (χ0) is 27.6. The highest BCUT2D eigenvalue weighted by molar-refractivity contribution is 5.99. The van der Waals surface area contributed by atoms with Crippen molar-refractivity contribution in [3.05, 3.63) is 70.9 Å². The molecule has 1 atom stereocenters. The van der Waals surface area contributed by atoms with Gasteiger partial charge >= 0.3 is 0 Å². The molecule has 2 fully saturated rings. The third-order valence-electron chi connectivity index (χ3n) is 7.57. The quantitative estimate of drug-likeness (QED) is 0.476. The fourth-order valence-electron chi connectivity index (χ4n) is 5.45. The van der Waals surface area contributed by atoms with Crippen LogP contribution in [0.2, 0.25) is 0 Å². The minimum Gasteiger partial charge on any atom is -0.378 e. The zero-order valence-corrected chi connectivity index (χ0v) is 22.0. The lowest BCUT2D eigenvalue weighted by molar-refractivity contribution is 0.0303. The summed E-state index contributed by atoms with van der Waals surface area (Å²) in [5.74, 6) is -0.247. The van der Waals surface area contributed by atoms with Crippen molar-refractivity contribution in [2.45, 2.75) is 25.4 Å². The molecule has 0 radical (unpaired) electrons. The summed E-state index contributed by atoms with van der Waals surface area (Å²) in [5, 5.41) is 11.4. The van der Waals surface area contributed by atoms with Crippen molar-refractivity contribution in [3.63, 3.8) is 0 Å². The van der Waals surface area contributed by atoms with Gasteiger partial charge in [0, 0.05) is 49.5 Å². The molecule has 6 rings (SSSR count). The van der Waals surface area contributed by atoms with Crippen LogP contribution in [-0.2, 0) is 11.3 Å². The standard InChI is InChI=1S/C28H30N8O4/c29-24(37)23-25(30-20-9-7-18(8-10-20)26(38)34-12-14-40-15-13-34)31-28(33-32-23)35-11-3-5-21(17-35)36-16-19-4-1-2-6-22(19)27(36)39/h1-2,4,6-10,21H,3,5,11-17H2,(H2,29,37)(H,30,31,33)/t21-/m1/s1. The summed E-state index contributed by atoms with van der Waals surface area (Å²) < 4.78 is 5.32. The van der Waals surface area contributed by atoms with Crippen molar-refractivity contribution in [1.29, 1.82) is 0 Å². The first-order valence-corrected chi connectivity index (χ1v) is 13.4. The Kier molecular flexibility index (Phi) is 6.99. The van der Waals surface area contributed by atoms with Crippen LogP contribution in [0.25, 0.3) is 0 Å². The molecular formula is C28H30N8O4. The number of nitrogens with two attached hydrogens (primary N) is 1. The van der Waals surface area contributed by atoms with Gasteiger partial charge in [-0.3, -0.25) is 14.4 Å². The van der Waals surface area contributed by atoms with Crippen molar-refractivity contribution in [1.82, 2.24) is 25.0 Å². The molecule has 4 heterocycles. The molecule has 0 bridgehead atoms. The maximum absolute atomic E-state index is 13.0. The second kappa shape index (κ2) is 10.9. The third-order valence-corrected chi connectivity index (χ3v) is 7.57. The van der Waals surface area contributed by atoms with Gasteiger partial charge in [0.25, 0.3) is 17.7 Å². The minimum atomic E-state index is -0.759. The number of hydrogen-bond acceptors (Lipinski definition) is 9. The molecule has 40 heavy (non-hydrogen) atoms. The predicted octanol–water partition coefficient (Wildman–Crippen LogP) is 1.81. The molecule has 3 aromatic rings. The molecule has 1 aromatic heterocycles. The van der Waals surface area contributed by atoms with Crippen LogP contribution in [0.1, 0.15) is 49.6 Å². The van der Waals surface area contributed by atoms with Gasteiger partial charge in [0.1, 0.15) is 0 Å². The normalized spacial score (nSPS) is 18.9. The van der Waals surface area contributed by atoms with Crippen molar-refractivity contribution in [2.24, 2.45) is 5.73 Å². The fourth-order valence-corrected chi connectivity index (χ4v) is 5.45. The van der Waals surface area contributed by atoms with Gasteiger partial charge in [0.15, 0.2) is 11.5 Å². The van der Waals surface area contributed by atoms with Gasteiger partial charge in [0.05, 0.1) is 19.3 Å². The molecule has 0 aliphatic carbocycles. The first kappa shape index (κ1) is 25.7. The van der Waals surface area contributed by atoms with E-state index in [0.29, 0.717) is 63.1 Å². The monoisotopic (exact) mass is 542 g/mol. The Hall–Kier alpha value is -4.58. The minimum absolute atomic E-state index is 0.000948. The topological polar surface area (TPSA) is 147 Å². The molecular weight excluding hydrogens is 512 g/mol. The second-order valence-electron chi connectivity index (χ2n) is 10.1. The maximum atomic E-state index is 13.0. The number of aromatic nitrogens is 3. The molecule has 3 aliphatic heterocycles. The van der Waals surface area contributed by atoms with Crippen molar-refractivity contribution in [2.75, 3.05) is 49.6 Å². The number of benzene rings is 2. The number of fused-ring (bicyclic) bond motifs is 1. The van der Waals surface area contributed by atoms with Crippen LogP contribution in [0.3, 0.4) is 0 Å². The number of carbonyl (C=O) groups excluding carboxylic acids is 3. The summed E-state index contributed by atoms with van der Waals surface area (Å²) in [5.41, 5.74) is 8.45. The van der Waals surface area contributed by atoms with E-state index < -0.39 is 5.91 Å². The molecule has 206 valence electrons. The molecule has 0 unspecified atom stereocenters. The first-order chi connectivity index (χ1) is 19.5. The Labute approximate surface area is 231 Å². The van der Waals surface area contributed by atoms with Crippen molar-refractivity contribution in [3.8, 4) is 0 Å². The largest absolute Gasteiger partial charge is 0.378 e. The molecule has 12 heteroatoms. The SMILES string of the molecule is NC(=O)c1nnc(N2CCC[C@@H](N3Cc4ccccc4C3=O)C2)nc1Nc1ccc(C(=O)N2CCOCC2)cc1. The predicted molar refractivity (Wildman–Crippen MR) is 146 cm³/mol. The average Bonchev–Trinajstić information content (AvgIpc) is 3.34. The molecule has 2 saturated heterocycles. The number of carbonyl (C=O) groups is 3. The Morgan fingerprint density at radius 2 is 1.77 bits per heavy atom. The lowest BCUT2D eigenvalue weighted by atomic mass is 10.0. The molecule has 3 N–H and O–H groups in total. The van der Waals surface area contributed by atoms with Crippen LogP contribution in [0, 0.1) is 0 Å². The number of primary amides is 1. The summed E-state index contributed by atoms with van der Waals surface area (Å²) in [7, 11) is 0. The van der Waals surface area contributed by atoms with E-state index in [1.807, 2.05) is 34.1 Å². The highest BCUT2D eigenvalue weighted by Crippen LogP contribution is 2.29. The second-order valence-corrected chi connectivity index (χ2v) is 10.1. The molecule has 3 amide bonds. The van der Waals surface area contributed by atoms with E-state index in [1.165, 1.54) is 0 Å². The summed E-state index contributed by atoms with van der Waals surface area (Å²) in [6.45, 7) is 4.02. The van der Waals surface area contributed by atoms with Gasteiger partial charge < -0.3 is 30.5 Å². The highest BCUT2D eigenvalue weighted by Gasteiger charge is 2.35. The Balaban J connectivity index is 1.18. The smallest absolute Gasteiger partial charge is 0.273 e. The van der Waals surface area contributed by atoms with E-state index in [1.54, 1.807) is 29.2 Å². The van der Waals surface area contributed by atoms with Crippen molar-refractivity contribution < 1.29 is 19.1 Å². The van der Waals surface area contributed by atoms with Gasteiger partial charge in [-0.05, 0) is 48.7 Å². The number of nitrogens with one attached hydrogen (secondary N) is 1. The molecule has 12 nitrogen and oxygen atoms in total. The fraction of sp³-hybridized carbons (Fsp3) is 0.357. The zero-order valence-electron chi connectivity index (χ0n) is 22.0. The number of ether oxygens (including phenoxy) is 1. The maximum Gasteiger partial charge on any atom is 0.273 e. The first-order valence-electron chi connectivity index (χ1n) is 13.4. The summed E-state index contributed by atoms with van der Waals surface area (Å²) >= 11 is 0. The van der Waals surface area contributed by atoms with Gasteiger partial charge in [-0.2, -0.15) is 4.98 Å². The van der Waals surface area contributed by atoms with Crippen LogP contribution in [0.5, 0.6) is 0 Å². The van der Waals surface area contributed by atoms with Gasteiger partial charge in [-0.15, -0.1) is 10.2 Å². The number of hydrogen-bond donors (Lipinski definition) is 2. The summed E-state index contributed by atoms with van der Waals surface area (Å²) in [4.78, 5) is 48.2. The van der Waals surface area contributed by atoms with Gasteiger partial charge in [-0.25, -0.2) is 0 Å². The van der Waals surface area contributed by atoms with E-state index in [4.69, 9.17) is 10.5 Å². The molecule has 3 aliphatic rings. The molecule has 0 saturated carbocycles. The van der Waals surface area contributed by atoms with Crippen molar-refractivity contribution >= 4 is 35.2 Å². The summed E-state index contributed by atoms with van der Waals surface area (Å²) in [6, 6.07) is 14.6. The molecule has 2 aromatic carbocycles. The number of anilines is 3. The number of rotatable bonds is 6. The van der Waals surface area contributed by atoms with E-state index in [9.17, 15) is 14.4 Å². The van der Waals surface area contributed by atoms with Crippen LogP contribution in [0.15, 0.2) is 48.5 Å². The third kappa shape index (κ3) is 5.05. The Bertz CT molecular complexity index is 1440.